The molecular weight excluding hydrogens is 694 g/mol. The minimum absolute atomic E-state index is 0.0622. The largest absolute Gasteiger partial charge is 0.487 e. The number of carbonyl (C=O) groups is 2. The van der Waals surface area contributed by atoms with Gasteiger partial charge in [-0.1, -0.05) is 61.5 Å². The number of benzene rings is 3. The Morgan fingerprint density at radius 2 is 1.76 bits per heavy atom. The van der Waals surface area contributed by atoms with Crippen LogP contribution < -0.4 is 4.74 Å². The van der Waals surface area contributed by atoms with E-state index in [0.29, 0.717) is 50.6 Å². The summed E-state index contributed by atoms with van der Waals surface area (Å²) in [5.74, 6) is -1.87. The van der Waals surface area contributed by atoms with Crippen molar-refractivity contribution in [2.24, 2.45) is 17.8 Å². The maximum absolute atomic E-state index is 14.5. The van der Waals surface area contributed by atoms with Gasteiger partial charge in [-0.2, -0.15) is 0 Å². The zero-order valence-corrected chi connectivity index (χ0v) is 31.0. The van der Waals surface area contributed by atoms with Gasteiger partial charge in [0.2, 0.25) is 0 Å². The van der Waals surface area contributed by atoms with Gasteiger partial charge in [0, 0.05) is 38.0 Å². The third-order valence-corrected chi connectivity index (χ3v) is 10.6. The van der Waals surface area contributed by atoms with Crippen molar-refractivity contribution in [1.82, 2.24) is 0 Å². The number of hydrogen-bond donors (Lipinski definition) is 0. The molecule has 0 amide bonds. The number of esters is 2. The summed E-state index contributed by atoms with van der Waals surface area (Å²) < 4.78 is 64.4. The zero-order valence-electron chi connectivity index (χ0n) is 31.0. The molecule has 7 atom stereocenters. The number of halogens is 2. The highest BCUT2D eigenvalue weighted by atomic mass is 19.1. The van der Waals surface area contributed by atoms with Crippen LogP contribution in [0.15, 0.2) is 84.9 Å². The van der Waals surface area contributed by atoms with Crippen molar-refractivity contribution in [2.75, 3.05) is 26.4 Å². The standard InChI is InChI=1S/C44H52F2O8/c1-2-24-49-42(47)12-8-9-30-14-21-36-37(22-20-35(53-43-13-6-7-25-50-43)29-52-41-26-34(45)19-23-38(41)46)40(27-39(36)51-28-30)54-44(48)33-17-15-32(16-18-33)31-10-4-3-5-11-31/h3-5,10-11,15-20,22-23,26,30,35-37,39-40,43H,2,6-9,12-14,21,24-25,27-29H2,1H3/t30?,35-,36?,37?,39?,40?,43?/m1/s1. The van der Waals surface area contributed by atoms with Crippen molar-refractivity contribution in [2.45, 2.75) is 95.7 Å². The van der Waals surface area contributed by atoms with E-state index in [1.54, 1.807) is 12.1 Å². The molecule has 0 N–H and O–H groups in total. The van der Waals surface area contributed by atoms with Crippen LogP contribution in [0.3, 0.4) is 0 Å². The molecule has 1 saturated carbocycles. The van der Waals surface area contributed by atoms with Gasteiger partial charge in [-0.25, -0.2) is 13.6 Å². The van der Waals surface area contributed by atoms with Crippen molar-refractivity contribution in [1.29, 1.82) is 0 Å². The van der Waals surface area contributed by atoms with Crippen LogP contribution in [0.1, 0.15) is 81.5 Å². The van der Waals surface area contributed by atoms with Gasteiger partial charge >= 0.3 is 11.9 Å². The lowest BCUT2D eigenvalue weighted by atomic mass is 9.86. The summed E-state index contributed by atoms with van der Waals surface area (Å²) in [5.41, 5.74) is 2.53. The monoisotopic (exact) mass is 746 g/mol. The molecule has 2 aliphatic heterocycles. The van der Waals surface area contributed by atoms with Crippen molar-refractivity contribution in [3.63, 3.8) is 0 Å². The van der Waals surface area contributed by atoms with E-state index in [2.05, 4.69) is 0 Å². The summed E-state index contributed by atoms with van der Waals surface area (Å²) in [6.45, 7) is 3.50. The van der Waals surface area contributed by atoms with Gasteiger partial charge in [0.1, 0.15) is 24.6 Å². The lowest BCUT2D eigenvalue weighted by molar-refractivity contribution is -0.183. The number of hydrogen-bond acceptors (Lipinski definition) is 8. The molecule has 3 aliphatic rings. The molecule has 10 heteroatoms. The highest BCUT2D eigenvalue weighted by Gasteiger charge is 2.46. The highest BCUT2D eigenvalue weighted by Crippen LogP contribution is 2.44. The molecule has 8 nitrogen and oxygen atoms in total. The van der Waals surface area contributed by atoms with Gasteiger partial charge < -0.3 is 28.4 Å². The fourth-order valence-corrected chi connectivity index (χ4v) is 7.67. The van der Waals surface area contributed by atoms with Crippen LogP contribution in [0.25, 0.3) is 11.1 Å². The quantitative estimate of drug-likeness (QED) is 0.106. The predicted octanol–water partition coefficient (Wildman–Crippen LogP) is 9.26. The van der Waals surface area contributed by atoms with Crippen LogP contribution in [0, 0.1) is 29.4 Å². The molecule has 0 radical (unpaired) electrons. The molecule has 2 heterocycles. The molecule has 3 aromatic carbocycles. The Balaban J connectivity index is 1.17. The van der Waals surface area contributed by atoms with E-state index < -0.39 is 36.1 Å². The number of ether oxygens (including phenoxy) is 6. The van der Waals surface area contributed by atoms with Crippen LogP contribution in [0.4, 0.5) is 8.78 Å². The number of fused-ring (bicyclic) bond motifs is 1. The van der Waals surface area contributed by atoms with Gasteiger partial charge in [-0.15, -0.1) is 0 Å². The molecule has 2 saturated heterocycles. The normalized spacial score (nSPS) is 24.7. The third kappa shape index (κ3) is 11.2. The SMILES string of the molecule is CCCOC(=O)CCCC1CCC2C(CC(OC(=O)c3ccc(-c4ccccc4)cc3)C2C=C[C@H](COc2cc(F)ccc2F)OC2CCCCO2)OC1. The lowest BCUT2D eigenvalue weighted by Crippen LogP contribution is -2.31. The van der Waals surface area contributed by atoms with E-state index in [-0.39, 0.29) is 36.3 Å². The van der Waals surface area contributed by atoms with E-state index >= 15 is 0 Å². The first-order chi connectivity index (χ1) is 26.4. The fourth-order valence-electron chi connectivity index (χ4n) is 7.67. The first kappa shape index (κ1) is 39.6. The summed E-state index contributed by atoms with van der Waals surface area (Å²) in [5, 5.41) is 0. The lowest BCUT2D eigenvalue weighted by Gasteiger charge is -2.27. The van der Waals surface area contributed by atoms with E-state index in [9.17, 15) is 18.4 Å². The van der Waals surface area contributed by atoms with Gasteiger partial charge in [-0.05, 0) is 98.6 Å². The van der Waals surface area contributed by atoms with Gasteiger partial charge in [0.15, 0.2) is 17.9 Å². The smallest absolute Gasteiger partial charge is 0.338 e. The van der Waals surface area contributed by atoms with Crippen molar-refractivity contribution in [3.8, 4) is 16.9 Å². The minimum atomic E-state index is -0.668. The number of rotatable bonds is 16. The first-order valence-corrected chi connectivity index (χ1v) is 19.5. The number of carbonyl (C=O) groups excluding carboxylic acids is 2. The van der Waals surface area contributed by atoms with Crippen LogP contribution in [0.2, 0.25) is 0 Å². The molecule has 6 unspecified atom stereocenters. The van der Waals surface area contributed by atoms with E-state index in [4.69, 9.17) is 28.4 Å². The van der Waals surface area contributed by atoms with Gasteiger partial charge in [-0.3, -0.25) is 4.79 Å². The summed E-state index contributed by atoms with van der Waals surface area (Å²) in [6.07, 6.45) is 9.91. The maximum Gasteiger partial charge on any atom is 0.338 e. The molecule has 0 bridgehead atoms. The Morgan fingerprint density at radius 1 is 0.944 bits per heavy atom. The van der Waals surface area contributed by atoms with Crippen LogP contribution in [-0.4, -0.2) is 63.0 Å². The van der Waals surface area contributed by atoms with Crippen LogP contribution >= 0.6 is 0 Å². The average molecular weight is 747 g/mol. The molecular formula is C44H52F2O8. The van der Waals surface area contributed by atoms with Crippen LogP contribution in [-0.2, 0) is 28.5 Å². The molecule has 3 fully saturated rings. The Labute approximate surface area is 317 Å². The van der Waals surface area contributed by atoms with E-state index in [0.717, 1.165) is 74.3 Å². The van der Waals surface area contributed by atoms with Crippen molar-refractivity contribution >= 4 is 11.9 Å². The molecule has 3 aromatic rings. The molecule has 1 aliphatic carbocycles. The molecule has 290 valence electrons. The van der Waals surface area contributed by atoms with Crippen LogP contribution in [0.5, 0.6) is 5.75 Å². The summed E-state index contributed by atoms with van der Waals surface area (Å²) >= 11 is 0. The highest BCUT2D eigenvalue weighted by molar-refractivity contribution is 5.90. The summed E-state index contributed by atoms with van der Waals surface area (Å²) in [4.78, 5) is 25.7. The Morgan fingerprint density at radius 3 is 2.54 bits per heavy atom. The van der Waals surface area contributed by atoms with E-state index in [1.165, 1.54) is 0 Å². The molecule has 0 spiro atoms. The van der Waals surface area contributed by atoms with E-state index in [1.807, 2.05) is 61.5 Å². The van der Waals surface area contributed by atoms with Crippen molar-refractivity contribution in [3.05, 3.63) is 102 Å². The van der Waals surface area contributed by atoms with Crippen molar-refractivity contribution < 1.29 is 46.8 Å². The summed E-state index contributed by atoms with van der Waals surface area (Å²) in [6, 6.07) is 20.5. The second kappa shape index (κ2) is 20.0. The Bertz CT molecular complexity index is 1660. The minimum Gasteiger partial charge on any atom is -0.487 e. The molecule has 6 rings (SSSR count). The second-order valence-electron chi connectivity index (χ2n) is 14.5. The predicted molar refractivity (Wildman–Crippen MR) is 200 cm³/mol. The Hall–Kier alpha value is -4.12. The van der Waals surface area contributed by atoms with Gasteiger partial charge in [0.05, 0.1) is 18.3 Å². The topological polar surface area (TPSA) is 89.5 Å². The second-order valence-corrected chi connectivity index (χ2v) is 14.5. The summed E-state index contributed by atoms with van der Waals surface area (Å²) in [7, 11) is 0. The average Bonchev–Trinajstić information content (AvgIpc) is 3.39. The third-order valence-electron chi connectivity index (χ3n) is 10.6. The Kier molecular flexibility index (Phi) is 14.6. The first-order valence-electron chi connectivity index (χ1n) is 19.5. The zero-order chi connectivity index (χ0) is 37.7. The maximum atomic E-state index is 14.5. The fraction of sp³-hybridized carbons (Fsp3) is 0.500. The molecule has 0 aromatic heterocycles. The van der Waals surface area contributed by atoms with Gasteiger partial charge in [0.25, 0.3) is 0 Å². The molecule has 54 heavy (non-hydrogen) atoms.